The van der Waals surface area contributed by atoms with Gasteiger partial charge in [0.25, 0.3) is 0 Å². The molecule has 0 saturated carbocycles. The first-order valence-corrected chi connectivity index (χ1v) is 7.40. The summed E-state index contributed by atoms with van der Waals surface area (Å²) in [5.41, 5.74) is 1.96. The monoisotopic (exact) mass is 287 g/mol. The maximum absolute atomic E-state index is 14.1. The SMILES string of the molecule is CCCNC(C)c1ccc(OCc2ccccc2)c(F)c1. The average molecular weight is 287 g/mol. The van der Waals surface area contributed by atoms with E-state index in [1.165, 1.54) is 0 Å². The second-order valence-corrected chi connectivity index (χ2v) is 5.14. The van der Waals surface area contributed by atoms with Gasteiger partial charge in [-0.25, -0.2) is 4.39 Å². The summed E-state index contributed by atoms with van der Waals surface area (Å²) in [4.78, 5) is 0. The standard InChI is InChI=1S/C18H22FNO/c1-3-11-20-14(2)16-9-10-18(17(19)12-16)21-13-15-7-5-4-6-8-15/h4-10,12,14,20H,3,11,13H2,1-2H3. The third-order valence-electron chi connectivity index (χ3n) is 3.39. The third kappa shape index (κ3) is 4.57. The molecule has 0 aromatic heterocycles. The van der Waals surface area contributed by atoms with Gasteiger partial charge in [0.2, 0.25) is 0 Å². The molecule has 0 spiro atoms. The van der Waals surface area contributed by atoms with Crippen LogP contribution in [0.4, 0.5) is 4.39 Å². The van der Waals surface area contributed by atoms with Gasteiger partial charge in [-0.2, -0.15) is 0 Å². The van der Waals surface area contributed by atoms with Crippen molar-refractivity contribution in [3.8, 4) is 5.75 Å². The van der Waals surface area contributed by atoms with Crippen LogP contribution in [0.1, 0.15) is 37.4 Å². The number of rotatable bonds is 7. The van der Waals surface area contributed by atoms with Crippen molar-refractivity contribution in [2.45, 2.75) is 32.9 Å². The van der Waals surface area contributed by atoms with Gasteiger partial charge in [0.05, 0.1) is 0 Å². The van der Waals surface area contributed by atoms with Gasteiger partial charge in [-0.05, 0) is 43.1 Å². The molecule has 1 unspecified atom stereocenters. The smallest absolute Gasteiger partial charge is 0.165 e. The van der Waals surface area contributed by atoms with Crippen molar-refractivity contribution >= 4 is 0 Å². The molecule has 0 radical (unpaired) electrons. The quantitative estimate of drug-likeness (QED) is 0.811. The Morgan fingerprint density at radius 1 is 1.14 bits per heavy atom. The van der Waals surface area contributed by atoms with E-state index in [1.54, 1.807) is 12.1 Å². The van der Waals surface area contributed by atoms with Crippen LogP contribution in [0.15, 0.2) is 48.5 Å². The average Bonchev–Trinajstić information content (AvgIpc) is 2.52. The van der Waals surface area contributed by atoms with Crippen molar-refractivity contribution in [2.75, 3.05) is 6.54 Å². The lowest BCUT2D eigenvalue weighted by Gasteiger charge is -2.15. The zero-order valence-corrected chi connectivity index (χ0v) is 12.6. The summed E-state index contributed by atoms with van der Waals surface area (Å²) in [5, 5.41) is 3.35. The molecule has 2 aromatic carbocycles. The van der Waals surface area contributed by atoms with Gasteiger partial charge < -0.3 is 10.1 Å². The molecule has 112 valence electrons. The fourth-order valence-corrected chi connectivity index (χ4v) is 2.12. The molecule has 21 heavy (non-hydrogen) atoms. The molecule has 2 rings (SSSR count). The van der Waals surface area contributed by atoms with Crippen molar-refractivity contribution in [2.24, 2.45) is 0 Å². The second kappa shape index (κ2) is 7.79. The van der Waals surface area contributed by atoms with E-state index in [9.17, 15) is 4.39 Å². The van der Waals surface area contributed by atoms with E-state index in [0.29, 0.717) is 12.4 Å². The summed E-state index contributed by atoms with van der Waals surface area (Å²) in [6.45, 7) is 5.45. The molecule has 0 fully saturated rings. The Balaban J connectivity index is 1.99. The summed E-state index contributed by atoms with van der Waals surface area (Å²) in [6, 6.07) is 15.1. The van der Waals surface area contributed by atoms with Crippen LogP contribution >= 0.6 is 0 Å². The lowest BCUT2D eigenvalue weighted by molar-refractivity contribution is 0.290. The van der Waals surface area contributed by atoms with E-state index < -0.39 is 0 Å². The van der Waals surface area contributed by atoms with E-state index in [1.807, 2.05) is 43.3 Å². The molecular formula is C18H22FNO. The van der Waals surface area contributed by atoms with Gasteiger partial charge in [-0.3, -0.25) is 0 Å². The lowest BCUT2D eigenvalue weighted by atomic mass is 10.1. The zero-order valence-electron chi connectivity index (χ0n) is 12.6. The molecule has 0 heterocycles. The summed E-state index contributed by atoms with van der Waals surface area (Å²) in [6.07, 6.45) is 1.06. The highest BCUT2D eigenvalue weighted by molar-refractivity contribution is 5.31. The van der Waals surface area contributed by atoms with Crippen molar-refractivity contribution in [3.05, 3.63) is 65.5 Å². The first-order valence-electron chi connectivity index (χ1n) is 7.40. The van der Waals surface area contributed by atoms with Crippen LogP contribution in [-0.4, -0.2) is 6.54 Å². The van der Waals surface area contributed by atoms with Crippen LogP contribution in [0.25, 0.3) is 0 Å². The Kier molecular flexibility index (Phi) is 5.76. The maximum atomic E-state index is 14.1. The minimum Gasteiger partial charge on any atom is -0.486 e. The number of benzene rings is 2. The molecule has 1 atom stereocenters. The number of halogens is 1. The van der Waals surface area contributed by atoms with Crippen LogP contribution in [0.3, 0.4) is 0 Å². The third-order valence-corrected chi connectivity index (χ3v) is 3.39. The minimum absolute atomic E-state index is 0.141. The topological polar surface area (TPSA) is 21.3 Å². The number of hydrogen-bond acceptors (Lipinski definition) is 2. The molecule has 1 N–H and O–H groups in total. The molecule has 2 aromatic rings. The summed E-state index contributed by atoms with van der Waals surface area (Å²) in [7, 11) is 0. The summed E-state index contributed by atoms with van der Waals surface area (Å²) < 4.78 is 19.6. The highest BCUT2D eigenvalue weighted by atomic mass is 19.1. The fraction of sp³-hybridized carbons (Fsp3) is 0.333. The normalized spacial score (nSPS) is 12.1. The molecule has 0 bridgehead atoms. The largest absolute Gasteiger partial charge is 0.486 e. The first-order chi connectivity index (χ1) is 10.2. The Bertz CT molecular complexity index is 556. The lowest BCUT2D eigenvalue weighted by Crippen LogP contribution is -2.19. The fourth-order valence-electron chi connectivity index (χ4n) is 2.12. The zero-order chi connectivity index (χ0) is 15.1. The molecule has 0 aliphatic rings. The molecular weight excluding hydrogens is 265 g/mol. The van der Waals surface area contributed by atoms with Crippen molar-refractivity contribution < 1.29 is 9.13 Å². The number of hydrogen-bond donors (Lipinski definition) is 1. The molecule has 0 saturated heterocycles. The van der Waals surface area contributed by atoms with Crippen LogP contribution < -0.4 is 10.1 Å². The van der Waals surface area contributed by atoms with Crippen molar-refractivity contribution in [3.63, 3.8) is 0 Å². The molecule has 3 heteroatoms. The Labute approximate surface area is 126 Å². The Hall–Kier alpha value is -1.87. The van der Waals surface area contributed by atoms with Crippen LogP contribution in [0.5, 0.6) is 5.75 Å². The van der Waals surface area contributed by atoms with Crippen LogP contribution in [0.2, 0.25) is 0 Å². The van der Waals surface area contributed by atoms with Crippen molar-refractivity contribution in [1.82, 2.24) is 5.32 Å². The Morgan fingerprint density at radius 3 is 2.57 bits per heavy atom. The molecule has 2 nitrogen and oxygen atoms in total. The van der Waals surface area contributed by atoms with Gasteiger partial charge in [0, 0.05) is 6.04 Å². The van der Waals surface area contributed by atoms with E-state index in [-0.39, 0.29) is 11.9 Å². The maximum Gasteiger partial charge on any atom is 0.165 e. The van der Waals surface area contributed by atoms with E-state index in [2.05, 4.69) is 12.2 Å². The minimum atomic E-state index is -0.312. The van der Waals surface area contributed by atoms with Gasteiger partial charge in [-0.1, -0.05) is 43.3 Å². The van der Waals surface area contributed by atoms with E-state index in [0.717, 1.165) is 24.1 Å². The molecule has 0 aliphatic carbocycles. The molecule has 0 aliphatic heterocycles. The first kappa shape index (κ1) is 15.5. The van der Waals surface area contributed by atoms with E-state index >= 15 is 0 Å². The second-order valence-electron chi connectivity index (χ2n) is 5.14. The summed E-state index contributed by atoms with van der Waals surface area (Å²) in [5.74, 6) is -0.0149. The number of nitrogens with one attached hydrogen (secondary N) is 1. The van der Waals surface area contributed by atoms with Crippen molar-refractivity contribution in [1.29, 1.82) is 0 Å². The predicted octanol–water partition coefficient (Wildman–Crippen LogP) is 4.47. The van der Waals surface area contributed by atoms with Gasteiger partial charge in [0.15, 0.2) is 11.6 Å². The summed E-state index contributed by atoms with van der Waals surface area (Å²) >= 11 is 0. The van der Waals surface area contributed by atoms with Gasteiger partial charge in [-0.15, -0.1) is 0 Å². The van der Waals surface area contributed by atoms with Gasteiger partial charge in [0.1, 0.15) is 6.61 Å². The predicted molar refractivity (Wildman–Crippen MR) is 83.9 cm³/mol. The Morgan fingerprint density at radius 2 is 1.90 bits per heavy atom. The highest BCUT2D eigenvalue weighted by Gasteiger charge is 2.09. The van der Waals surface area contributed by atoms with E-state index in [4.69, 9.17) is 4.74 Å². The van der Waals surface area contributed by atoms with Gasteiger partial charge >= 0.3 is 0 Å². The van der Waals surface area contributed by atoms with Crippen LogP contribution in [-0.2, 0) is 6.61 Å². The molecule has 0 amide bonds. The van der Waals surface area contributed by atoms with Crippen LogP contribution in [0, 0.1) is 5.82 Å². The highest BCUT2D eigenvalue weighted by Crippen LogP contribution is 2.23. The number of ether oxygens (including phenoxy) is 1.